The topological polar surface area (TPSA) is 81.9 Å². The van der Waals surface area contributed by atoms with Gasteiger partial charge in [-0.15, -0.1) is 0 Å². The average molecular weight is 351 g/mol. The van der Waals surface area contributed by atoms with Gasteiger partial charge in [-0.05, 0) is 43.0 Å². The molecule has 1 fully saturated rings. The van der Waals surface area contributed by atoms with Gasteiger partial charge in [0, 0.05) is 44.4 Å². The highest BCUT2D eigenvalue weighted by Crippen LogP contribution is 2.24. The number of amides is 1. The van der Waals surface area contributed by atoms with Crippen LogP contribution in [0.1, 0.15) is 34.8 Å². The monoisotopic (exact) mass is 351 g/mol. The molecule has 1 aliphatic rings. The van der Waals surface area contributed by atoms with Gasteiger partial charge in [0.25, 0.3) is 5.91 Å². The first-order chi connectivity index (χ1) is 12.8. The summed E-state index contributed by atoms with van der Waals surface area (Å²) >= 11 is 0. The van der Waals surface area contributed by atoms with E-state index in [0.717, 1.165) is 49.2 Å². The highest BCUT2D eigenvalue weighted by Gasteiger charge is 2.19. The SMILES string of the molecule is O=C(NCCc1ccncc1)c1cnc2c(c1)ncn2C1CCOCC1. The Kier molecular flexibility index (Phi) is 4.88. The van der Waals surface area contributed by atoms with E-state index < -0.39 is 0 Å². The number of rotatable bonds is 5. The normalized spacial score (nSPS) is 15.2. The van der Waals surface area contributed by atoms with Gasteiger partial charge in [-0.25, -0.2) is 9.97 Å². The van der Waals surface area contributed by atoms with Gasteiger partial charge in [-0.3, -0.25) is 9.78 Å². The van der Waals surface area contributed by atoms with Gasteiger partial charge in [0.2, 0.25) is 0 Å². The predicted molar refractivity (Wildman–Crippen MR) is 96.9 cm³/mol. The molecule has 26 heavy (non-hydrogen) atoms. The van der Waals surface area contributed by atoms with Crippen molar-refractivity contribution in [2.24, 2.45) is 0 Å². The van der Waals surface area contributed by atoms with E-state index in [9.17, 15) is 4.79 Å². The Bertz CT molecular complexity index is 887. The minimum Gasteiger partial charge on any atom is -0.381 e. The summed E-state index contributed by atoms with van der Waals surface area (Å²) in [6.45, 7) is 2.10. The molecule has 4 rings (SSSR count). The predicted octanol–water partition coefficient (Wildman–Crippen LogP) is 2.15. The molecule has 0 bridgehead atoms. The average Bonchev–Trinajstić information content (AvgIpc) is 3.12. The Labute approximate surface area is 151 Å². The summed E-state index contributed by atoms with van der Waals surface area (Å²) in [5.74, 6) is -0.130. The van der Waals surface area contributed by atoms with Crippen LogP contribution in [-0.2, 0) is 11.2 Å². The molecule has 1 saturated heterocycles. The lowest BCUT2D eigenvalue weighted by Crippen LogP contribution is -2.25. The van der Waals surface area contributed by atoms with Crippen LogP contribution in [0.4, 0.5) is 0 Å². The van der Waals surface area contributed by atoms with Gasteiger partial charge in [0.1, 0.15) is 5.52 Å². The minimum atomic E-state index is -0.130. The molecule has 3 aromatic rings. The summed E-state index contributed by atoms with van der Waals surface area (Å²) in [5, 5.41) is 2.93. The molecular formula is C19H21N5O2. The molecule has 0 aliphatic carbocycles. The second-order valence-electron chi connectivity index (χ2n) is 6.42. The second-order valence-corrected chi connectivity index (χ2v) is 6.42. The zero-order valence-electron chi connectivity index (χ0n) is 14.5. The lowest BCUT2D eigenvalue weighted by molar-refractivity contribution is 0.0704. The number of hydrogen-bond acceptors (Lipinski definition) is 5. The molecule has 1 amide bonds. The number of pyridine rings is 2. The molecule has 134 valence electrons. The molecule has 0 aromatic carbocycles. The highest BCUT2D eigenvalue weighted by atomic mass is 16.5. The molecule has 0 unspecified atom stereocenters. The Morgan fingerprint density at radius 1 is 1.23 bits per heavy atom. The van der Waals surface area contributed by atoms with Crippen molar-refractivity contribution >= 4 is 17.1 Å². The number of nitrogens with zero attached hydrogens (tertiary/aromatic N) is 4. The Morgan fingerprint density at radius 3 is 2.85 bits per heavy atom. The first kappa shape index (κ1) is 16.7. The summed E-state index contributed by atoms with van der Waals surface area (Å²) in [5.41, 5.74) is 3.25. The first-order valence-corrected chi connectivity index (χ1v) is 8.89. The van der Waals surface area contributed by atoms with E-state index in [2.05, 4.69) is 24.8 Å². The molecule has 1 aliphatic heterocycles. The Balaban J connectivity index is 1.42. The fourth-order valence-corrected chi connectivity index (χ4v) is 3.25. The summed E-state index contributed by atoms with van der Waals surface area (Å²) in [6, 6.07) is 6.06. The molecule has 0 atom stereocenters. The van der Waals surface area contributed by atoms with Crippen LogP contribution in [-0.4, -0.2) is 45.2 Å². The first-order valence-electron chi connectivity index (χ1n) is 8.89. The number of hydrogen-bond donors (Lipinski definition) is 1. The molecule has 7 heteroatoms. The zero-order chi connectivity index (χ0) is 17.8. The molecule has 4 heterocycles. The molecule has 0 spiro atoms. The fourth-order valence-electron chi connectivity index (χ4n) is 3.25. The third-order valence-corrected chi connectivity index (χ3v) is 4.71. The lowest BCUT2D eigenvalue weighted by atomic mass is 10.1. The Morgan fingerprint density at radius 2 is 2.04 bits per heavy atom. The third kappa shape index (κ3) is 3.57. The van der Waals surface area contributed by atoms with Gasteiger partial charge >= 0.3 is 0 Å². The molecule has 0 radical (unpaired) electrons. The van der Waals surface area contributed by atoms with Gasteiger partial charge in [0.15, 0.2) is 5.65 Å². The van der Waals surface area contributed by atoms with Crippen molar-refractivity contribution < 1.29 is 9.53 Å². The second kappa shape index (κ2) is 7.61. The van der Waals surface area contributed by atoms with Crippen molar-refractivity contribution in [1.82, 2.24) is 24.8 Å². The number of aromatic nitrogens is 4. The van der Waals surface area contributed by atoms with Crippen LogP contribution in [0.3, 0.4) is 0 Å². The number of carbonyl (C=O) groups excluding carboxylic acids is 1. The minimum absolute atomic E-state index is 0.130. The van der Waals surface area contributed by atoms with Crippen molar-refractivity contribution in [1.29, 1.82) is 0 Å². The van der Waals surface area contributed by atoms with Gasteiger partial charge < -0.3 is 14.6 Å². The van der Waals surface area contributed by atoms with Crippen molar-refractivity contribution in [2.75, 3.05) is 19.8 Å². The van der Waals surface area contributed by atoms with E-state index in [0.29, 0.717) is 18.2 Å². The van der Waals surface area contributed by atoms with Crippen LogP contribution in [0.25, 0.3) is 11.2 Å². The maximum absolute atomic E-state index is 12.4. The smallest absolute Gasteiger partial charge is 0.252 e. The molecular weight excluding hydrogens is 330 g/mol. The van der Waals surface area contributed by atoms with Crippen molar-refractivity contribution in [3.05, 3.63) is 54.2 Å². The van der Waals surface area contributed by atoms with Crippen LogP contribution in [0.2, 0.25) is 0 Å². The number of fused-ring (bicyclic) bond motifs is 1. The van der Waals surface area contributed by atoms with E-state index in [4.69, 9.17) is 4.74 Å². The Hall–Kier alpha value is -2.80. The summed E-state index contributed by atoms with van der Waals surface area (Å²) in [7, 11) is 0. The number of imidazole rings is 1. The van der Waals surface area contributed by atoms with E-state index in [1.54, 1.807) is 24.7 Å². The standard InChI is InChI=1S/C19H21N5O2/c25-19(21-8-3-14-1-6-20-7-2-14)15-11-17-18(22-12-15)24(13-23-17)16-4-9-26-10-5-16/h1-2,6-7,11-13,16H,3-5,8-10H2,(H,21,25). The number of ether oxygens (including phenoxy) is 1. The van der Waals surface area contributed by atoms with Crippen molar-refractivity contribution in [3.63, 3.8) is 0 Å². The summed E-state index contributed by atoms with van der Waals surface area (Å²) < 4.78 is 7.52. The number of nitrogens with one attached hydrogen (secondary N) is 1. The van der Waals surface area contributed by atoms with E-state index in [-0.39, 0.29) is 5.91 Å². The van der Waals surface area contributed by atoms with Gasteiger partial charge in [-0.2, -0.15) is 0 Å². The molecule has 1 N–H and O–H groups in total. The van der Waals surface area contributed by atoms with Crippen LogP contribution in [0.5, 0.6) is 0 Å². The number of carbonyl (C=O) groups is 1. The van der Waals surface area contributed by atoms with Crippen LogP contribution in [0, 0.1) is 0 Å². The maximum atomic E-state index is 12.4. The van der Waals surface area contributed by atoms with Crippen molar-refractivity contribution in [2.45, 2.75) is 25.3 Å². The van der Waals surface area contributed by atoms with E-state index in [1.807, 2.05) is 18.5 Å². The fraction of sp³-hybridized carbons (Fsp3) is 0.368. The maximum Gasteiger partial charge on any atom is 0.252 e. The third-order valence-electron chi connectivity index (χ3n) is 4.71. The highest BCUT2D eigenvalue weighted by molar-refractivity contribution is 5.96. The summed E-state index contributed by atoms with van der Waals surface area (Å²) in [6.07, 6.45) is 9.64. The van der Waals surface area contributed by atoms with Crippen LogP contribution >= 0.6 is 0 Å². The lowest BCUT2D eigenvalue weighted by Gasteiger charge is -2.23. The van der Waals surface area contributed by atoms with Gasteiger partial charge in [0.05, 0.1) is 11.9 Å². The summed E-state index contributed by atoms with van der Waals surface area (Å²) in [4.78, 5) is 25.3. The van der Waals surface area contributed by atoms with Crippen molar-refractivity contribution in [3.8, 4) is 0 Å². The van der Waals surface area contributed by atoms with Crippen LogP contribution < -0.4 is 5.32 Å². The zero-order valence-corrected chi connectivity index (χ0v) is 14.5. The quantitative estimate of drug-likeness (QED) is 0.762. The van der Waals surface area contributed by atoms with E-state index >= 15 is 0 Å². The van der Waals surface area contributed by atoms with Crippen LogP contribution in [0.15, 0.2) is 43.1 Å². The molecule has 0 saturated carbocycles. The van der Waals surface area contributed by atoms with E-state index in [1.165, 1.54) is 0 Å². The molecule has 7 nitrogen and oxygen atoms in total. The molecule has 3 aromatic heterocycles. The largest absolute Gasteiger partial charge is 0.381 e. The van der Waals surface area contributed by atoms with Gasteiger partial charge in [-0.1, -0.05) is 0 Å².